The van der Waals surface area contributed by atoms with Crippen LogP contribution in [0.25, 0.3) is 0 Å². The number of nitrogens with zero attached hydrogens (tertiary/aromatic N) is 8. The van der Waals surface area contributed by atoms with E-state index in [2.05, 4.69) is 0 Å². The molecule has 0 unspecified atom stereocenters. The zero-order valence-corrected chi connectivity index (χ0v) is 59.1. The van der Waals surface area contributed by atoms with Gasteiger partial charge in [0.2, 0.25) is 60.1 Å². The van der Waals surface area contributed by atoms with Crippen molar-refractivity contribution in [3.8, 4) is 0 Å². The summed E-state index contributed by atoms with van der Waals surface area (Å²) >= 11 is 0. The van der Waals surface area contributed by atoms with E-state index in [-0.39, 0.29) is 160 Å². The van der Waals surface area contributed by atoms with Crippen LogP contribution in [0.5, 0.6) is 0 Å². The zero-order valence-electron chi connectivity index (χ0n) is 54.2. The molecule has 506 valence electrons. The maximum absolute atomic E-state index is 14.8. The van der Waals surface area contributed by atoms with Crippen molar-refractivity contribution >= 4 is 60.1 Å². The molecule has 2 aliphatic rings. The molecule has 0 spiro atoms. The highest BCUT2D eigenvalue weighted by molar-refractivity contribution is 7.90. The molecule has 7 aromatic rings. The van der Waals surface area contributed by atoms with Gasteiger partial charge >= 0.3 is 0 Å². The van der Waals surface area contributed by atoms with Gasteiger partial charge in [-0.2, -0.15) is 25.8 Å². The Morgan fingerprint density at radius 2 is 0.362 bits per heavy atom. The molecule has 0 saturated carbocycles. The SMILES string of the molecule is Cc1ccc(S(=O)(=O)N2CCCN(S(=O)(=O)c3ccc(C)cc3)CCN(S(=O)(=O)c3ccc(C)cc3)CCN(Cc3ccc(CN4CCN(S(=O)(=O)c5ccc(C)cc5)CCCN(S(=O)(=O)c5ccc(C)cc5)CCN(S(=O)(=O)c5ccc(C)cc5)CC4)cc3)CC2)cc1. The molecule has 0 aliphatic carbocycles. The smallest absolute Gasteiger partial charge is 0.243 e. The van der Waals surface area contributed by atoms with Crippen molar-refractivity contribution in [3.05, 3.63) is 214 Å². The van der Waals surface area contributed by atoms with Gasteiger partial charge in [-0.15, -0.1) is 0 Å². The summed E-state index contributed by atoms with van der Waals surface area (Å²) in [6.07, 6.45) is 0.191. The molecule has 7 aromatic carbocycles. The largest absolute Gasteiger partial charge is 0.296 e. The molecule has 26 heteroatoms. The van der Waals surface area contributed by atoms with E-state index < -0.39 is 60.1 Å². The number of rotatable bonds is 16. The van der Waals surface area contributed by atoms with Gasteiger partial charge in [-0.05, 0) is 138 Å². The maximum Gasteiger partial charge on any atom is 0.243 e. The van der Waals surface area contributed by atoms with Crippen LogP contribution >= 0.6 is 0 Å². The van der Waals surface area contributed by atoms with Crippen LogP contribution in [0.3, 0.4) is 0 Å². The highest BCUT2D eigenvalue weighted by Crippen LogP contribution is 2.27. The lowest BCUT2D eigenvalue weighted by Crippen LogP contribution is -2.44. The summed E-state index contributed by atoms with van der Waals surface area (Å²) in [6, 6.07) is 46.5. The van der Waals surface area contributed by atoms with Crippen molar-refractivity contribution in [1.29, 1.82) is 0 Å². The van der Waals surface area contributed by atoms with Gasteiger partial charge in [-0.1, -0.05) is 130 Å². The van der Waals surface area contributed by atoms with Gasteiger partial charge in [0, 0.05) is 118 Å². The number of hydrogen-bond acceptors (Lipinski definition) is 14. The lowest BCUT2D eigenvalue weighted by molar-refractivity contribution is 0.224. The molecular formula is C68H86N8O12S6. The van der Waals surface area contributed by atoms with Crippen LogP contribution in [-0.2, 0) is 73.2 Å². The molecule has 2 fully saturated rings. The molecule has 94 heavy (non-hydrogen) atoms. The van der Waals surface area contributed by atoms with Crippen molar-refractivity contribution in [3.63, 3.8) is 0 Å². The normalized spacial score (nSPS) is 18.0. The Bertz CT molecular complexity index is 4120. The second-order valence-corrected chi connectivity index (χ2v) is 36.0. The number of aryl methyl sites for hydroxylation is 6. The zero-order chi connectivity index (χ0) is 67.6. The van der Waals surface area contributed by atoms with Crippen LogP contribution in [0, 0.1) is 41.5 Å². The molecular weight excluding hydrogens is 1310 g/mol. The fraction of sp³-hybridized carbons (Fsp3) is 0.382. The Morgan fingerprint density at radius 1 is 0.213 bits per heavy atom. The monoisotopic (exact) mass is 1400 g/mol. The van der Waals surface area contributed by atoms with Gasteiger partial charge in [-0.25, -0.2) is 50.5 Å². The highest BCUT2D eigenvalue weighted by atomic mass is 32.2. The lowest BCUT2D eigenvalue weighted by Gasteiger charge is -2.30. The maximum atomic E-state index is 14.8. The molecule has 0 N–H and O–H groups in total. The van der Waals surface area contributed by atoms with Crippen LogP contribution in [0.15, 0.2) is 199 Å². The van der Waals surface area contributed by atoms with Gasteiger partial charge in [0.05, 0.1) is 29.4 Å². The highest BCUT2D eigenvalue weighted by Gasteiger charge is 2.35. The van der Waals surface area contributed by atoms with E-state index in [1.807, 2.05) is 75.6 Å². The predicted molar refractivity (Wildman–Crippen MR) is 366 cm³/mol. The van der Waals surface area contributed by atoms with Crippen LogP contribution in [-0.4, -0.2) is 191 Å². The summed E-state index contributed by atoms with van der Waals surface area (Å²) in [5.74, 6) is 0. The fourth-order valence-corrected chi connectivity index (χ4v) is 20.1. The van der Waals surface area contributed by atoms with E-state index in [0.29, 0.717) is 0 Å². The Balaban J connectivity index is 1.03. The van der Waals surface area contributed by atoms with Crippen LogP contribution in [0.2, 0.25) is 0 Å². The summed E-state index contributed by atoms with van der Waals surface area (Å²) in [5.41, 5.74) is 6.73. The van der Waals surface area contributed by atoms with Crippen molar-refractivity contribution in [2.45, 2.75) is 96.8 Å². The molecule has 0 radical (unpaired) electrons. The first-order valence-electron chi connectivity index (χ1n) is 31.5. The topological polar surface area (TPSA) is 231 Å². The third-order valence-electron chi connectivity index (χ3n) is 17.3. The van der Waals surface area contributed by atoms with Gasteiger partial charge < -0.3 is 0 Å². The van der Waals surface area contributed by atoms with Gasteiger partial charge in [0.1, 0.15) is 0 Å². The Morgan fingerprint density at radius 3 is 0.532 bits per heavy atom. The molecule has 20 nitrogen and oxygen atoms in total. The quantitative estimate of drug-likeness (QED) is 0.0890. The molecule has 0 bridgehead atoms. The number of sulfonamides is 6. The molecule has 2 saturated heterocycles. The van der Waals surface area contributed by atoms with E-state index >= 15 is 0 Å². The first-order chi connectivity index (χ1) is 44.5. The minimum Gasteiger partial charge on any atom is -0.296 e. The fourth-order valence-electron chi connectivity index (χ4n) is 11.4. The van der Waals surface area contributed by atoms with Crippen LogP contribution in [0.1, 0.15) is 57.3 Å². The molecule has 2 aliphatic heterocycles. The van der Waals surface area contributed by atoms with E-state index in [9.17, 15) is 50.5 Å². The lowest BCUT2D eigenvalue weighted by atomic mass is 10.1. The Labute approximate surface area is 558 Å². The van der Waals surface area contributed by atoms with Crippen LogP contribution < -0.4 is 0 Å². The van der Waals surface area contributed by atoms with Gasteiger partial charge in [0.15, 0.2) is 0 Å². The Kier molecular flexibility index (Phi) is 23.8. The van der Waals surface area contributed by atoms with E-state index in [0.717, 1.165) is 44.5 Å². The average Bonchev–Trinajstić information content (AvgIpc) is 1.08. The summed E-state index contributed by atoms with van der Waals surface area (Å²) in [6.45, 7) is 10.8. The van der Waals surface area contributed by atoms with Crippen molar-refractivity contribution in [2.75, 3.05) is 105 Å². The van der Waals surface area contributed by atoms with Gasteiger partial charge in [0.25, 0.3) is 0 Å². The molecule has 0 aromatic heterocycles. The molecule has 2 heterocycles. The second kappa shape index (κ2) is 31.0. The summed E-state index contributed by atoms with van der Waals surface area (Å²) in [7, 11) is -25.1. The third-order valence-corrected chi connectivity index (χ3v) is 28.8. The second-order valence-electron chi connectivity index (χ2n) is 24.4. The van der Waals surface area contributed by atoms with Gasteiger partial charge in [-0.3, -0.25) is 9.80 Å². The summed E-state index contributed by atoms with van der Waals surface area (Å²) < 4.78 is 183. The standard InChI is InChI=1S/C68H86N8O12S6/c1-55-9-25-63(26-10-55)89(77,78)71-37-7-39-73(91(81,82)65-29-13-57(3)14-30-65)49-51-75(93(85,86)67-33-17-59(5)18-34-67)47-43-69(41-45-71)53-61-21-23-62(24-22-61)54-70-42-46-72(90(79,80)64-27-11-56(2)12-28-64)38-8-40-74(92(83,84)66-31-15-58(4)16-32-66)50-52-76(48-44-70)94(87,88)68-35-19-60(6)20-36-68/h9-36H,7-8,37-54H2,1-6H3. The average molecular weight is 1400 g/mol. The minimum absolute atomic E-state index is 0.0213. The van der Waals surface area contributed by atoms with Crippen LogP contribution in [0.4, 0.5) is 0 Å². The van der Waals surface area contributed by atoms with Crippen molar-refractivity contribution in [2.24, 2.45) is 0 Å². The minimum atomic E-state index is -4.22. The van der Waals surface area contributed by atoms with E-state index in [1.165, 1.54) is 74.4 Å². The van der Waals surface area contributed by atoms with E-state index in [4.69, 9.17) is 0 Å². The third kappa shape index (κ3) is 17.9. The summed E-state index contributed by atoms with van der Waals surface area (Å²) in [5, 5.41) is 0. The number of benzene rings is 7. The van der Waals surface area contributed by atoms with E-state index in [1.54, 1.807) is 97.1 Å². The molecule has 0 amide bonds. The Hall–Kier alpha value is -6.08. The van der Waals surface area contributed by atoms with Crippen molar-refractivity contribution < 1.29 is 50.5 Å². The first-order valence-corrected chi connectivity index (χ1v) is 40.1. The molecule has 9 rings (SSSR count). The summed E-state index contributed by atoms with van der Waals surface area (Å²) in [4.78, 5) is 4.27. The predicted octanol–water partition coefficient (Wildman–Crippen LogP) is 8.09. The number of hydrogen-bond donors (Lipinski definition) is 0. The molecule has 0 atom stereocenters. The first kappa shape index (κ1) is 72.2. The van der Waals surface area contributed by atoms with Crippen molar-refractivity contribution in [1.82, 2.24) is 35.6 Å².